The Balaban J connectivity index is 1.46. The van der Waals surface area contributed by atoms with Gasteiger partial charge in [0.25, 0.3) is 0 Å². The molecule has 0 amide bonds. The monoisotopic (exact) mass is 401 g/mol. The second-order valence-corrected chi connectivity index (χ2v) is 7.39. The van der Waals surface area contributed by atoms with Gasteiger partial charge in [0.1, 0.15) is 12.2 Å². The first kappa shape index (κ1) is 20.0. The minimum Gasteiger partial charge on any atom is -0.473 e. The number of nitrogens with zero attached hydrogens (tertiary/aromatic N) is 2. The van der Waals surface area contributed by atoms with Gasteiger partial charge >= 0.3 is 0 Å². The predicted molar refractivity (Wildman–Crippen MR) is 105 cm³/mol. The van der Waals surface area contributed by atoms with Crippen LogP contribution in [0.25, 0.3) is 0 Å². The Morgan fingerprint density at radius 1 is 1.03 bits per heavy atom. The first-order chi connectivity index (χ1) is 14.0. The molecular formula is C21H27N3O5. The summed E-state index contributed by atoms with van der Waals surface area (Å²) < 4.78 is 28.6. The van der Waals surface area contributed by atoms with Crippen LogP contribution >= 0.6 is 0 Å². The highest BCUT2D eigenvalue weighted by molar-refractivity contribution is 5.31. The van der Waals surface area contributed by atoms with Gasteiger partial charge in [-0.1, -0.05) is 24.3 Å². The molecule has 2 fully saturated rings. The highest BCUT2D eigenvalue weighted by Gasteiger charge is 2.37. The molecule has 0 atom stereocenters. The number of ether oxygens (including phenoxy) is 5. The van der Waals surface area contributed by atoms with Gasteiger partial charge in [-0.3, -0.25) is 0 Å². The quantitative estimate of drug-likeness (QED) is 0.788. The molecule has 1 aromatic carbocycles. The first-order valence-corrected chi connectivity index (χ1v) is 9.81. The van der Waals surface area contributed by atoms with Crippen LogP contribution in [0.3, 0.4) is 0 Å². The topological polar surface area (TPSA) is 98.0 Å². The molecule has 1 aromatic heterocycles. The minimum atomic E-state index is -0.673. The van der Waals surface area contributed by atoms with Crippen molar-refractivity contribution in [2.24, 2.45) is 0 Å². The second kappa shape index (κ2) is 8.23. The normalized spacial score (nSPS) is 20.5. The first-order valence-electron chi connectivity index (χ1n) is 9.81. The van der Waals surface area contributed by atoms with Crippen LogP contribution in [0.4, 0.5) is 5.95 Å². The van der Waals surface area contributed by atoms with Crippen molar-refractivity contribution in [3.63, 3.8) is 0 Å². The zero-order valence-corrected chi connectivity index (χ0v) is 16.8. The molecule has 2 aromatic rings. The molecule has 2 saturated heterocycles. The number of nitrogens with two attached hydrogens (primary N) is 1. The standard InChI is InChI=1S/C21H27N3O5/c1-20(28-11-12-29-20)16-5-3-15(4-6-16)14-27-18-13-17(23-19(22)24-18)21(25-2)7-9-26-10-8-21/h3-6,13H,7-12,14H2,1-2H3,(H2,22,23,24). The lowest BCUT2D eigenvalue weighted by atomic mass is 9.90. The van der Waals surface area contributed by atoms with Crippen LogP contribution in [0.15, 0.2) is 30.3 Å². The molecule has 8 nitrogen and oxygen atoms in total. The summed E-state index contributed by atoms with van der Waals surface area (Å²) in [7, 11) is 1.68. The molecule has 2 aliphatic rings. The largest absolute Gasteiger partial charge is 0.473 e. The van der Waals surface area contributed by atoms with Crippen molar-refractivity contribution in [3.8, 4) is 5.88 Å². The molecule has 0 aliphatic carbocycles. The molecule has 0 radical (unpaired) electrons. The molecular weight excluding hydrogens is 374 g/mol. The van der Waals surface area contributed by atoms with Crippen molar-refractivity contribution in [3.05, 3.63) is 47.2 Å². The van der Waals surface area contributed by atoms with Gasteiger partial charge in [0, 0.05) is 44.8 Å². The van der Waals surface area contributed by atoms with Gasteiger partial charge < -0.3 is 29.4 Å². The number of anilines is 1. The lowest BCUT2D eigenvalue weighted by molar-refractivity contribution is -0.149. The van der Waals surface area contributed by atoms with Crippen LogP contribution in [0.5, 0.6) is 5.88 Å². The molecule has 8 heteroatoms. The fraction of sp³-hybridized carbons (Fsp3) is 0.524. The highest BCUT2D eigenvalue weighted by atomic mass is 16.7. The van der Waals surface area contributed by atoms with Gasteiger partial charge in [0.15, 0.2) is 5.79 Å². The molecule has 156 valence electrons. The van der Waals surface area contributed by atoms with Crippen LogP contribution in [0, 0.1) is 0 Å². The van der Waals surface area contributed by atoms with Crippen molar-refractivity contribution in [1.29, 1.82) is 0 Å². The molecule has 29 heavy (non-hydrogen) atoms. The van der Waals surface area contributed by atoms with Crippen LogP contribution in [0.2, 0.25) is 0 Å². The fourth-order valence-electron chi connectivity index (χ4n) is 3.76. The van der Waals surface area contributed by atoms with Crippen LogP contribution in [0.1, 0.15) is 36.6 Å². The van der Waals surface area contributed by atoms with Gasteiger partial charge in [-0.25, -0.2) is 4.98 Å². The van der Waals surface area contributed by atoms with E-state index >= 15 is 0 Å². The van der Waals surface area contributed by atoms with Gasteiger partial charge in [-0.05, 0) is 12.5 Å². The number of nitrogen functional groups attached to an aromatic ring is 1. The lowest BCUT2D eigenvalue weighted by Crippen LogP contribution is -2.36. The summed E-state index contributed by atoms with van der Waals surface area (Å²) in [4.78, 5) is 8.62. The Labute approximate surface area is 170 Å². The highest BCUT2D eigenvalue weighted by Crippen LogP contribution is 2.36. The maximum absolute atomic E-state index is 5.94. The van der Waals surface area contributed by atoms with Gasteiger partial charge in [-0.2, -0.15) is 4.98 Å². The summed E-state index contributed by atoms with van der Waals surface area (Å²) in [5, 5.41) is 0. The van der Waals surface area contributed by atoms with Crippen molar-refractivity contribution in [2.75, 3.05) is 39.3 Å². The average molecular weight is 401 g/mol. The number of hydrogen-bond donors (Lipinski definition) is 1. The average Bonchev–Trinajstić information content (AvgIpc) is 3.20. The SMILES string of the molecule is COC1(c2cc(OCc3ccc(C4(C)OCCO4)cc3)nc(N)n2)CCOCC1. The summed E-state index contributed by atoms with van der Waals surface area (Å²) in [6, 6.07) is 9.77. The maximum atomic E-state index is 5.94. The fourth-order valence-corrected chi connectivity index (χ4v) is 3.76. The van der Waals surface area contributed by atoms with Crippen LogP contribution in [-0.4, -0.2) is 43.5 Å². The van der Waals surface area contributed by atoms with E-state index in [-0.39, 0.29) is 5.95 Å². The Bertz CT molecular complexity index is 831. The third-order valence-electron chi connectivity index (χ3n) is 5.58. The molecule has 4 rings (SSSR count). The van der Waals surface area contributed by atoms with Gasteiger partial charge in [0.2, 0.25) is 11.8 Å². The zero-order valence-electron chi connectivity index (χ0n) is 16.8. The zero-order chi connectivity index (χ0) is 20.3. The summed E-state index contributed by atoms with van der Waals surface area (Å²) in [6.07, 6.45) is 1.42. The second-order valence-electron chi connectivity index (χ2n) is 7.39. The number of hydrogen-bond acceptors (Lipinski definition) is 8. The molecule has 3 heterocycles. The number of methoxy groups -OCH3 is 1. The smallest absolute Gasteiger partial charge is 0.223 e. The third-order valence-corrected chi connectivity index (χ3v) is 5.58. The lowest BCUT2D eigenvalue weighted by Gasteiger charge is -2.35. The molecule has 2 aliphatic heterocycles. The van der Waals surface area contributed by atoms with Crippen molar-refractivity contribution < 1.29 is 23.7 Å². The van der Waals surface area contributed by atoms with E-state index in [0.29, 0.717) is 51.8 Å². The summed E-state index contributed by atoms with van der Waals surface area (Å²) in [5.74, 6) is -0.0822. The van der Waals surface area contributed by atoms with E-state index in [9.17, 15) is 0 Å². The Kier molecular flexibility index (Phi) is 5.69. The molecule has 2 N–H and O–H groups in total. The third kappa shape index (κ3) is 4.20. The molecule has 0 saturated carbocycles. The minimum absolute atomic E-state index is 0.166. The number of aromatic nitrogens is 2. The van der Waals surface area contributed by atoms with E-state index in [1.165, 1.54) is 0 Å². The Morgan fingerprint density at radius 3 is 2.38 bits per heavy atom. The van der Waals surface area contributed by atoms with Gasteiger partial charge in [-0.15, -0.1) is 0 Å². The number of benzene rings is 1. The van der Waals surface area contributed by atoms with E-state index in [2.05, 4.69) is 9.97 Å². The van der Waals surface area contributed by atoms with E-state index in [1.54, 1.807) is 13.2 Å². The van der Waals surface area contributed by atoms with Crippen molar-refractivity contribution in [1.82, 2.24) is 9.97 Å². The predicted octanol–water partition coefficient (Wildman–Crippen LogP) is 2.51. The van der Waals surface area contributed by atoms with E-state index < -0.39 is 11.4 Å². The van der Waals surface area contributed by atoms with E-state index in [0.717, 1.165) is 16.8 Å². The van der Waals surface area contributed by atoms with E-state index in [4.69, 9.17) is 29.4 Å². The van der Waals surface area contributed by atoms with Crippen LogP contribution < -0.4 is 10.5 Å². The van der Waals surface area contributed by atoms with Crippen LogP contribution in [-0.2, 0) is 36.9 Å². The molecule has 0 spiro atoms. The van der Waals surface area contributed by atoms with E-state index in [1.807, 2.05) is 31.2 Å². The summed E-state index contributed by atoms with van der Waals surface area (Å²) in [6.45, 7) is 4.73. The molecule has 0 unspecified atom stereocenters. The van der Waals surface area contributed by atoms with Crippen molar-refractivity contribution >= 4 is 5.95 Å². The summed E-state index contributed by atoms with van der Waals surface area (Å²) in [5.41, 5.74) is 8.12. The van der Waals surface area contributed by atoms with Gasteiger partial charge in [0.05, 0.1) is 18.9 Å². The number of rotatable bonds is 6. The Morgan fingerprint density at radius 2 is 1.72 bits per heavy atom. The molecule has 0 bridgehead atoms. The summed E-state index contributed by atoms with van der Waals surface area (Å²) >= 11 is 0. The Hall–Kier alpha value is -2.26. The maximum Gasteiger partial charge on any atom is 0.223 e. The van der Waals surface area contributed by atoms with Crippen molar-refractivity contribution in [2.45, 2.75) is 37.8 Å².